The first-order valence-electron chi connectivity index (χ1n) is 5.19. The van der Waals surface area contributed by atoms with E-state index in [0.29, 0.717) is 5.69 Å². The molecule has 0 spiro atoms. The maximum atomic E-state index is 8.75. The number of hydrogen-bond acceptors (Lipinski definition) is 3. The number of nitrogens with zero attached hydrogens (tertiary/aromatic N) is 4. The number of aromatic nitrogens is 3. The van der Waals surface area contributed by atoms with Gasteiger partial charge >= 0.3 is 0 Å². The molecule has 0 radical (unpaired) electrons. The Hall–Kier alpha value is -2.67. The van der Waals surface area contributed by atoms with Crippen molar-refractivity contribution in [3.8, 4) is 11.8 Å². The highest BCUT2D eigenvalue weighted by Gasteiger charge is 2.05. The summed E-state index contributed by atoms with van der Waals surface area (Å²) in [5, 5.41) is 18.7. The van der Waals surface area contributed by atoms with Gasteiger partial charge in [0, 0.05) is 5.39 Å². The minimum atomic E-state index is 0.318. The smallest absolute Gasteiger partial charge is 0.183 e. The molecule has 0 aliphatic heterocycles. The summed E-state index contributed by atoms with van der Waals surface area (Å²) in [5.74, 6) is 0. The lowest BCUT2D eigenvalue weighted by atomic mass is 10.1. The molecular weight excluding hydrogens is 212 g/mol. The number of nitriles is 1. The summed E-state index contributed by atoms with van der Waals surface area (Å²) in [6.45, 7) is 0. The molecule has 0 unspecified atom stereocenters. The van der Waals surface area contributed by atoms with E-state index in [4.69, 9.17) is 5.26 Å². The SMILES string of the molecule is N#Cc1cn(-c2cccc3ccccc23)nn1. The fourth-order valence-electron chi connectivity index (χ4n) is 1.84. The quantitative estimate of drug-likeness (QED) is 0.632. The van der Waals surface area contributed by atoms with Crippen LogP contribution >= 0.6 is 0 Å². The molecular formula is C13H8N4. The van der Waals surface area contributed by atoms with Crippen molar-refractivity contribution in [2.45, 2.75) is 0 Å². The van der Waals surface area contributed by atoms with Crippen LogP contribution in [0.15, 0.2) is 48.7 Å². The summed E-state index contributed by atoms with van der Waals surface area (Å²) in [7, 11) is 0. The van der Waals surface area contributed by atoms with Crippen molar-refractivity contribution in [1.82, 2.24) is 15.0 Å². The van der Waals surface area contributed by atoms with Crippen LogP contribution in [-0.2, 0) is 0 Å². The van der Waals surface area contributed by atoms with Crippen molar-refractivity contribution in [2.24, 2.45) is 0 Å². The third kappa shape index (κ3) is 1.54. The summed E-state index contributed by atoms with van der Waals surface area (Å²) in [6, 6.07) is 16.0. The van der Waals surface area contributed by atoms with E-state index in [2.05, 4.69) is 10.3 Å². The van der Waals surface area contributed by atoms with Crippen molar-refractivity contribution < 1.29 is 0 Å². The molecule has 17 heavy (non-hydrogen) atoms. The van der Waals surface area contributed by atoms with Gasteiger partial charge in [0.25, 0.3) is 0 Å². The van der Waals surface area contributed by atoms with Gasteiger partial charge in [0.05, 0.1) is 11.9 Å². The zero-order valence-electron chi connectivity index (χ0n) is 8.91. The second kappa shape index (κ2) is 3.72. The molecule has 3 aromatic rings. The Labute approximate surface area is 97.7 Å². The van der Waals surface area contributed by atoms with E-state index in [1.54, 1.807) is 10.9 Å². The third-order valence-electron chi connectivity index (χ3n) is 2.62. The molecule has 0 atom stereocenters. The van der Waals surface area contributed by atoms with Gasteiger partial charge in [-0.3, -0.25) is 0 Å². The van der Waals surface area contributed by atoms with Crippen LogP contribution in [-0.4, -0.2) is 15.0 Å². The summed E-state index contributed by atoms with van der Waals surface area (Å²) < 4.78 is 1.63. The normalized spacial score (nSPS) is 10.3. The Morgan fingerprint density at radius 2 is 1.88 bits per heavy atom. The fourth-order valence-corrected chi connectivity index (χ4v) is 1.84. The van der Waals surface area contributed by atoms with Gasteiger partial charge in [-0.2, -0.15) is 5.26 Å². The Kier molecular flexibility index (Phi) is 2.09. The Balaban J connectivity index is 2.27. The Bertz CT molecular complexity index is 716. The third-order valence-corrected chi connectivity index (χ3v) is 2.62. The molecule has 0 saturated carbocycles. The van der Waals surface area contributed by atoms with E-state index >= 15 is 0 Å². The van der Waals surface area contributed by atoms with Crippen LogP contribution < -0.4 is 0 Å². The first kappa shape index (κ1) is 9.55. The molecule has 0 amide bonds. The van der Waals surface area contributed by atoms with Gasteiger partial charge in [-0.15, -0.1) is 5.10 Å². The van der Waals surface area contributed by atoms with Crippen LogP contribution in [0.4, 0.5) is 0 Å². The Morgan fingerprint density at radius 1 is 1.06 bits per heavy atom. The van der Waals surface area contributed by atoms with E-state index in [1.807, 2.05) is 48.5 Å². The van der Waals surface area contributed by atoms with E-state index in [1.165, 1.54) is 0 Å². The average Bonchev–Trinajstić information content (AvgIpc) is 2.87. The summed E-state index contributed by atoms with van der Waals surface area (Å²) >= 11 is 0. The molecule has 0 saturated heterocycles. The highest BCUT2D eigenvalue weighted by molar-refractivity contribution is 5.89. The topological polar surface area (TPSA) is 54.5 Å². The number of rotatable bonds is 1. The maximum absolute atomic E-state index is 8.75. The van der Waals surface area contributed by atoms with Crippen LogP contribution in [0.5, 0.6) is 0 Å². The zero-order chi connectivity index (χ0) is 11.7. The van der Waals surface area contributed by atoms with Crippen molar-refractivity contribution in [2.75, 3.05) is 0 Å². The van der Waals surface area contributed by atoms with Crippen LogP contribution in [0.3, 0.4) is 0 Å². The summed E-state index contributed by atoms with van der Waals surface area (Å²) in [5.41, 5.74) is 1.25. The lowest BCUT2D eigenvalue weighted by Crippen LogP contribution is -1.95. The first-order valence-corrected chi connectivity index (χ1v) is 5.19. The first-order chi connectivity index (χ1) is 8.38. The van der Waals surface area contributed by atoms with Crippen molar-refractivity contribution in [1.29, 1.82) is 5.26 Å². The van der Waals surface area contributed by atoms with E-state index < -0.39 is 0 Å². The van der Waals surface area contributed by atoms with E-state index in [9.17, 15) is 0 Å². The molecule has 0 bridgehead atoms. The molecule has 0 aliphatic carbocycles. The monoisotopic (exact) mass is 220 g/mol. The second-order valence-electron chi connectivity index (χ2n) is 3.66. The molecule has 0 fully saturated rings. The molecule has 3 rings (SSSR count). The molecule has 1 heterocycles. The predicted octanol–water partition coefficient (Wildman–Crippen LogP) is 2.29. The van der Waals surface area contributed by atoms with Crippen molar-refractivity contribution in [3.63, 3.8) is 0 Å². The molecule has 80 valence electrons. The predicted molar refractivity (Wildman–Crippen MR) is 63.6 cm³/mol. The minimum absolute atomic E-state index is 0.318. The van der Waals surface area contributed by atoms with Gasteiger partial charge in [0.1, 0.15) is 6.07 Å². The van der Waals surface area contributed by atoms with Crippen LogP contribution in [0.25, 0.3) is 16.5 Å². The summed E-state index contributed by atoms with van der Waals surface area (Å²) in [6.07, 6.45) is 1.63. The average molecular weight is 220 g/mol. The van der Waals surface area contributed by atoms with Gasteiger partial charge in [-0.1, -0.05) is 41.6 Å². The van der Waals surface area contributed by atoms with Crippen LogP contribution in [0.2, 0.25) is 0 Å². The van der Waals surface area contributed by atoms with E-state index in [-0.39, 0.29) is 0 Å². The number of benzene rings is 2. The molecule has 4 nitrogen and oxygen atoms in total. The van der Waals surface area contributed by atoms with Gasteiger partial charge in [-0.05, 0) is 11.5 Å². The maximum Gasteiger partial charge on any atom is 0.183 e. The highest BCUT2D eigenvalue weighted by Crippen LogP contribution is 2.21. The van der Waals surface area contributed by atoms with Crippen molar-refractivity contribution >= 4 is 10.8 Å². The van der Waals surface area contributed by atoms with Gasteiger partial charge in [-0.25, -0.2) is 4.68 Å². The fraction of sp³-hybridized carbons (Fsp3) is 0. The molecule has 4 heteroatoms. The lowest BCUT2D eigenvalue weighted by molar-refractivity contribution is 0.807. The number of fused-ring (bicyclic) bond motifs is 1. The van der Waals surface area contributed by atoms with Crippen LogP contribution in [0, 0.1) is 11.3 Å². The Morgan fingerprint density at radius 3 is 2.71 bits per heavy atom. The molecule has 2 aromatic carbocycles. The summed E-state index contributed by atoms with van der Waals surface area (Å²) in [4.78, 5) is 0. The zero-order valence-corrected chi connectivity index (χ0v) is 8.91. The second-order valence-corrected chi connectivity index (χ2v) is 3.66. The van der Waals surface area contributed by atoms with E-state index in [0.717, 1.165) is 16.5 Å². The largest absolute Gasteiger partial charge is 0.219 e. The molecule has 1 aromatic heterocycles. The standard InChI is InChI=1S/C13H8N4/c14-8-11-9-17(16-15-11)13-7-3-5-10-4-1-2-6-12(10)13/h1-7,9H. The number of hydrogen-bond donors (Lipinski definition) is 0. The van der Waals surface area contributed by atoms with Gasteiger partial charge in [0.2, 0.25) is 0 Å². The van der Waals surface area contributed by atoms with Gasteiger partial charge in [0.15, 0.2) is 5.69 Å². The molecule has 0 N–H and O–H groups in total. The highest BCUT2D eigenvalue weighted by atomic mass is 15.4. The minimum Gasteiger partial charge on any atom is -0.219 e. The molecule has 0 aliphatic rings. The van der Waals surface area contributed by atoms with Gasteiger partial charge < -0.3 is 0 Å². The van der Waals surface area contributed by atoms with Crippen LogP contribution in [0.1, 0.15) is 5.69 Å². The lowest BCUT2D eigenvalue weighted by Gasteiger charge is -2.04. The van der Waals surface area contributed by atoms with Crippen molar-refractivity contribution in [3.05, 3.63) is 54.4 Å².